The van der Waals surface area contributed by atoms with Crippen LogP contribution in [0.1, 0.15) is 42.9 Å². The van der Waals surface area contributed by atoms with Crippen molar-refractivity contribution in [2.75, 3.05) is 13.7 Å². The van der Waals surface area contributed by atoms with Crippen molar-refractivity contribution in [1.82, 2.24) is 10.1 Å². The maximum Gasteiger partial charge on any atom is 0.276 e. The van der Waals surface area contributed by atoms with Gasteiger partial charge in [0.15, 0.2) is 5.69 Å². The molecule has 0 aromatic carbocycles. The molecule has 1 rings (SSSR count). The topological polar surface area (TPSA) is 66.6 Å². The van der Waals surface area contributed by atoms with Gasteiger partial charge in [-0.25, -0.2) is 0 Å². The summed E-state index contributed by atoms with van der Waals surface area (Å²) >= 11 is 0. The molecule has 1 aromatic rings. The van der Waals surface area contributed by atoms with Gasteiger partial charge in [0, 0.05) is 19.0 Å². The minimum atomic E-state index is -0.239. The number of aromatic nitrogens is 1. The molecule has 1 unspecified atom stereocenters. The lowest BCUT2D eigenvalue weighted by molar-refractivity contribution is 0.0672. The van der Waals surface area contributed by atoms with E-state index in [2.05, 4.69) is 5.16 Å². The Morgan fingerprint density at radius 2 is 2.19 bits per heavy atom. The molecule has 0 saturated heterocycles. The fourth-order valence-corrected chi connectivity index (χ4v) is 1.17. The number of likely N-dealkylation sites (N-methyl/N-ethyl adjacent to an activating group) is 1. The van der Waals surface area contributed by atoms with E-state index >= 15 is 0 Å². The summed E-state index contributed by atoms with van der Waals surface area (Å²) in [6.07, 6.45) is 0. The summed E-state index contributed by atoms with van der Waals surface area (Å²) in [6, 6.07) is 1.42. The first-order chi connectivity index (χ1) is 7.47. The SMILES string of the molecule is CC(C)c1cc(C(=O)N(C)C(C)CO)no1. The van der Waals surface area contributed by atoms with Gasteiger partial charge < -0.3 is 14.5 Å². The molecular weight excluding hydrogens is 208 g/mol. The number of amides is 1. The minimum absolute atomic E-state index is 0.0723. The van der Waals surface area contributed by atoms with Gasteiger partial charge in [-0.05, 0) is 6.92 Å². The number of carbonyl (C=O) groups is 1. The lowest BCUT2D eigenvalue weighted by Crippen LogP contribution is -2.37. The molecule has 1 aromatic heterocycles. The number of hydrogen-bond donors (Lipinski definition) is 1. The second-order valence-corrected chi connectivity index (χ2v) is 4.22. The standard InChI is InChI=1S/C11H18N2O3/c1-7(2)10-5-9(12-16-10)11(15)13(4)8(3)6-14/h5,7-8,14H,6H2,1-4H3. The van der Waals surface area contributed by atoms with Gasteiger partial charge in [-0.15, -0.1) is 0 Å². The normalized spacial score (nSPS) is 12.9. The van der Waals surface area contributed by atoms with Crippen LogP contribution in [-0.2, 0) is 0 Å². The van der Waals surface area contributed by atoms with Crippen molar-refractivity contribution in [2.24, 2.45) is 0 Å². The maximum absolute atomic E-state index is 11.9. The minimum Gasteiger partial charge on any atom is -0.394 e. The number of carbonyl (C=O) groups excluding carboxylic acids is 1. The zero-order chi connectivity index (χ0) is 12.3. The Hall–Kier alpha value is -1.36. The highest BCUT2D eigenvalue weighted by Gasteiger charge is 2.21. The largest absolute Gasteiger partial charge is 0.394 e. The quantitative estimate of drug-likeness (QED) is 0.839. The zero-order valence-electron chi connectivity index (χ0n) is 10.1. The van der Waals surface area contributed by atoms with Gasteiger partial charge in [0.05, 0.1) is 12.6 Å². The van der Waals surface area contributed by atoms with E-state index in [1.807, 2.05) is 13.8 Å². The number of rotatable bonds is 4. The van der Waals surface area contributed by atoms with Crippen molar-refractivity contribution in [1.29, 1.82) is 0 Å². The summed E-state index contributed by atoms with van der Waals surface area (Å²) in [5.74, 6) is 0.653. The van der Waals surface area contributed by atoms with Crippen molar-refractivity contribution < 1.29 is 14.4 Å². The molecule has 1 amide bonds. The van der Waals surface area contributed by atoms with Gasteiger partial charge in [-0.3, -0.25) is 4.79 Å². The van der Waals surface area contributed by atoms with Crippen LogP contribution < -0.4 is 0 Å². The third-order valence-electron chi connectivity index (χ3n) is 2.56. The highest BCUT2D eigenvalue weighted by Crippen LogP contribution is 2.16. The highest BCUT2D eigenvalue weighted by atomic mass is 16.5. The lowest BCUT2D eigenvalue weighted by atomic mass is 10.1. The first-order valence-electron chi connectivity index (χ1n) is 5.32. The van der Waals surface area contributed by atoms with Gasteiger partial charge in [0.1, 0.15) is 5.76 Å². The average molecular weight is 226 g/mol. The van der Waals surface area contributed by atoms with E-state index in [1.165, 1.54) is 4.90 Å². The lowest BCUT2D eigenvalue weighted by Gasteiger charge is -2.21. The summed E-state index contributed by atoms with van der Waals surface area (Å²) < 4.78 is 5.05. The monoisotopic (exact) mass is 226 g/mol. The molecule has 0 aliphatic rings. The molecule has 5 nitrogen and oxygen atoms in total. The smallest absolute Gasteiger partial charge is 0.276 e. The predicted octanol–water partition coefficient (Wildman–Crippen LogP) is 1.25. The molecule has 0 bridgehead atoms. The number of hydrogen-bond acceptors (Lipinski definition) is 4. The molecule has 0 fully saturated rings. The third-order valence-corrected chi connectivity index (χ3v) is 2.56. The van der Waals surface area contributed by atoms with E-state index in [0.717, 1.165) is 0 Å². The molecule has 0 saturated carbocycles. The molecule has 5 heteroatoms. The third kappa shape index (κ3) is 2.61. The Bertz CT molecular complexity index is 360. The van der Waals surface area contributed by atoms with Crippen LogP contribution in [0.4, 0.5) is 0 Å². The van der Waals surface area contributed by atoms with Crippen molar-refractivity contribution >= 4 is 5.91 Å². The molecular formula is C11H18N2O3. The van der Waals surface area contributed by atoms with E-state index in [4.69, 9.17) is 9.63 Å². The van der Waals surface area contributed by atoms with Crippen LogP contribution in [-0.4, -0.2) is 40.8 Å². The average Bonchev–Trinajstić information content (AvgIpc) is 2.75. The molecule has 0 spiro atoms. The van der Waals surface area contributed by atoms with Crippen LogP contribution in [0.15, 0.2) is 10.6 Å². The second-order valence-electron chi connectivity index (χ2n) is 4.22. The number of aliphatic hydroxyl groups is 1. The highest BCUT2D eigenvalue weighted by molar-refractivity contribution is 5.92. The van der Waals surface area contributed by atoms with Gasteiger partial charge in [0.2, 0.25) is 0 Å². The van der Waals surface area contributed by atoms with Crippen LogP contribution in [0, 0.1) is 0 Å². The Kier molecular flexibility index (Phi) is 4.06. The zero-order valence-corrected chi connectivity index (χ0v) is 10.1. The molecule has 1 heterocycles. The van der Waals surface area contributed by atoms with E-state index in [0.29, 0.717) is 5.76 Å². The first kappa shape index (κ1) is 12.7. The van der Waals surface area contributed by atoms with E-state index < -0.39 is 0 Å². The molecule has 0 aliphatic carbocycles. The van der Waals surface area contributed by atoms with Gasteiger partial charge in [-0.2, -0.15) is 0 Å². The molecule has 0 aliphatic heterocycles. The fourth-order valence-electron chi connectivity index (χ4n) is 1.17. The van der Waals surface area contributed by atoms with Gasteiger partial charge in [-0.1, -0.05) is 19.0 Å². The summed E-state index contributed by atoms with van der Waals surface area (Å²) in [4.78, 5) is 13.3. The van der Waals surface area contributed by atoms with Crippen molar-refractivity contribution in [3.63, 3.8) is 0 Å². The van der Waals surface area contributed by atoms with Crippen molar-refractivity contribution in [3.8, 4) is 0 Å². The van der Waals surface area contributed by atoms with Crippen molar-refractivity contribution in [2.45, 2.75) is 32.7 Å². The Balaban J connectivity index is 2.80. The first-order valence-corrected chi connectivity index (χ1v) is 5.32. The molecule has 1 atom stereocenters. The molecule has 16 heavy (non-hydrogen) atoms. The Morgan fingerprint density at radius 1 is 1.56 bits per heavy atom. The molecule has 0 radical (unpaired) electrons. The van der Waals surface area contributed by atoms with E-state index in [1.54, 1.807) is 20.0 Å². The summed E-state index contributed by atoms with van der Waals surface area (Å²) in [7, 11) is 1.63. The fraction of sp³-hybridized carbons (Fsp3) is 0.636. The van der Waals surface area contributed by atoms with Crippen molar-refractivity contribution in [3.05, 3.63) is 17.5 Å². The Morgan fingerprint density at radius 3 is 2.62 bits per heavy atom. The second kappa shape index (κ2) is 5.12. The van der Waals surface area contributed by atoms with Gasteiger partial charge in [0.25, 0.3) is 5.91 Å². The molecule has 90 valence electrons. The van der Waals surface area contributed by atoms with E-state index in [9.17, 15) is 4.79 Å². The van der Waals surface area contributed by atoms with Crippen LogP contribution in [0.2, 0.25) is 0 Å². The van der Waals surface area contributed by atoms with Crippen LogP contribution >= 0.6 is 0 Å². The van der Waals surface area contributed by atoms with Crippen LogP contribution in [0.3, 0.4) is 0 Å². The summed E-state index contributed by atoms with van der Waals surface area (Å²) in [5.41, 5.74) is 0.284. The molecule has 1 N–H and O–H groups in total. The number of aliphatic hydroxyl groups excluding tert-OH is 1. The predicted molar refractivity (Wildman–Crippen MR) is 59.2 cm³/mol. The van der Waals surface area contributed by atoms with Crippen LogP contribution in [0.5, 0.6) is 0 Å². The summed E-state index contributed by atoms with van der Waals surface area (Å²) in [6.45, 7) is 5.63. The summed E-state index contributed by atoms with van der Waals surface area (Å²) in [5, 5.41) is 12.7. The van der Waals surface area contributed by atoms with Gasteiger partial charge >= 0.3 is 0 Å². The van der Waals surface area contributed by atoms with Crippen LogP contribution in [0.25, 0.3) is 0 Å². The maximum atomic E-state index is 11.9. The number of nitrogens with zero attached hydrogens (tertiary/aromatic N) is 2. The van der Waals surface area contributed by atoms with E-state index in [-0.39, 0.29) is 30.2 Å². The Labute approximate surface area is 95.0 Å².